The standard InChI is InChI=1S/C11H11F3O2/c1-2-7-3-4-8(10(15)16)6-9(5-7)11(12,13)14/h3-4,6H,2,5H2,1H3,(H,15,16). The highest BCUT2D eigenvalue weighted by Crippen LogP contribution is 2.33. The number of carboxylic acid groups (broad SMARTS) is 1. The van der Waals surface area contributed by atoms with Crippen molar-refractivity contribution < 1.29 is 23.1 Å². The van der Waals surface area contributed by atoms with Crippen molar-refractivity contribution in [2.75, 3.05) is 0 Å². The van der Waals surface area contributed by atoms with Crippen molar-refractivity contribution in [3.05, 3.63) is 34.9 Å². The summed E-state index contributed by atoms with van der Waals surface area (Å²) in [6.07, 6.45) is -0.905. The Morgan fingerprint density at radius 1 is 1.44 bits per heavy atom. The molecule has 88 valence electrons. The van der Waals surface area contributed by atoms with Crippen molar-refractivity contribution in [1.82, 2.24) is 0 Å². The van der Waals surface area contributed by atoms with Gasteiger partial charge >= 0.3 is 12.1 Å². The van der Waals surface area contributed by atoms with E-state index in [4.69, 9.17) is 5.11 Å². The molecule has 2 nitrogen and oxygen atoms in total. The summed E-state index contributed by atoms with van der Waals surface area (Å²) < 4.78 is 37.7. The summed E-state index contributed by atoms with van der Waals surface area (Å²) in [4.78, 5) is 10.7. The van der Waals surface area contributed by atoms with Crippen LogP contribution in [-0.2, 0) is 4.79 Å². The Hall–Kier alpha value is -1.52. The zero-order valence-corrected chi connectivity index (χ0v) is 8.64. The lowest BCUT2D eigenvalue weighted by Gasteiger charge is -2.11. The van der Waals surface area contributed by atoms with Gasteiger partial charge in [0.2, 0.25) is 0 Å². The number of rotatable bonds is 2. The van der Waals surface area contributed by atoms with Crippen LogP contribution in [0.5, 0.6) is 0 Å². The molecule has 0 radical (unpaired) electrons. The second-order valence-corrected chi connectivity index (χ2v) is 3.45. The third kappa shape index (κ3) is 2.98. The van der Waals surface area contributed by atoms with E-state index in [0.29, 0.717) is 18.1 Å². The zero-order valence-electron chi connectivity index (χ0n) is 8.64. The fourth-order valence-electron chi connectivity index (χ4n) is 1.36. The molecule has 1 aliphatic rings. The Kier molecular flexibility index (Phi) is 3.57. The van der Waals surface area contributed by atoms with Gasteiger partial charge in [0, 0.05) is 5.57 Å². The number of halogens is 3. The van der Waals surface area contributed by atoms with Crippen LogP contribution in [0.25, 0.3) is 0 Å². The van der Waals surface area contributed by atoms with Crippen LogP contribution in [0.4, 0.5) is 13.2 Å². The molecule has 0 heterocycles. The third-order valence-electron chi connectivity index (χ3n) is 2.31. The van der Waals surface area contributed by atoms with Gasteiger partial charge in [0.1, 0.15) is 0 Å². The van der Waals surface area contributed by atoms with E-state index in [1.165, 1.54) is 12.2 Å². The van der Waals surface area contributed by atoms with Gasteiger partial charge in [-0.1, -0.05) is 18.6 Å². The quantitative estimate of drug-likeness (QED) is 0.793. The minimum atomic E-state index is -4.48. The Labute approximate surface area is 90.8 Å². The lowest BCUT2D eigenvalue weighted by Crippen LogP contribution is -2.13. The van der Waals surface area contributed by atoms with Crippen molar-refractivity contribution in [1.29, 1.82) is 0 Å². The number of carbonyl (C=O) groups is 1. The second-order valence-electron chi connectivity index (χ2n) is 3.45. The van der Waals surface area contributed by atoms with Gasteiger partial charge in [-0.15, -0.1) is 0 Å². The van der Waals surface area contributed by atoms with Gasteiger partial charge in [-0.2, -0.15) is 13.2 Å². The highest BCUT2D eigenvalue weighted by atomic mass is 19.4. The van der Waals surface area contributed by atoms with E-state index in [9.17, 15) is 18.0 Å². The summed E-state index contributed by atoms with van der Waals surface area (Å²) >= 11 is 0. The maximum absolute atomic E-state index is 12.6. The normalized spacial score (nSPS) is 17.1. The number of aliphatic carboxylic acids is 1. The molecule has 0 aromatic rings. The van der Waals surface area contributed by atoms with E-state index in [2.05, 4.69) is 0 Å². The van der Waals surface area contributed by atoms with Crippen molar-refractivity contribution >= 4 is 5.97 Å². The maximum atomic E-state index is 12.6. The van der Waals surface area contributed by atoms with Crippen molar-refractivity contribution in [2.24, 2.45) is 0 Å². The minimum absolute atomic E-state index is 0.243. The molecule has 0 aromatic carbocycles. The van der Waals surface area contributed by atoms with Gasteiger partial charge < -0.3 is 5.11 Å². The van der Waals surface area contributed by atoms with E-state index in [1.807, 2.05) is 0 Å². The van der Waals surface area contributed by atoms with Gasteiger partial charge in [-0.3, -0.25) is 0 Å². The monoisotopic (exact) mass is 232 g/mol. The first kappa shape index (κ1) is 12.5. The molecule has 0 amide bonds. The fraction of sp³-hybridized carbons (Fsp3) is 0.364. The van der Waals surface area contributed by atoms with Crippen LogP contribution < -0.4 is 0 Å². The zero-order chi connectivity index (χ0) is 12.3. The molecule has 0 bridgehead atoms. The first-order chi connectivity index (χ1) is 7.34. The van der Waals surface area contributed by atoms with E-state index in [-0.39, 0.29) is 12.0 Å². The predicted octanol–water partition coefficient (Wildman–Crippen LogP) is 3.23. The van der Waals surface area contributed by atoms with E-state index < -0.39 is 17.7 Å². The van der Waals surface area contributed by atoms with Crippen LogP contribution in [-0.4, -0.2) is 17.3 Å². The van der Waals surface area contributed by atoms with Gasteiger partial charge in [0.05, 0.1) is 5.57 Å². The SMILES string of the molecule is CCC1=CC=C(C(=O)O)C=C(C(F)(F)F)C1. The molecule has 0 unspecified atom stereocenters. The Morgan fingerprint density at radius 2 is 2.06 bits per heavy atom. The molecule has 1 N–H and O–H groups in total. The summed E-state index contributed by atoms with van der Waals surface area (Å²) in [5, 5.41) is 8.70. The van der Waals surface area contributed by atoms with Crippen LogP contribution in [0, 0.1) is 0 Å². The van der Waals surface area contributed by atoms with Crippen LogP contribution in [0.15, 0.2) is 34.9 Å². The summed E-state index contributed by atoms with van der Waals surface area (Å²) in [6.45, 7) is 1.74. The molecule has 5 heteroatoms. The predicted molar refractivity (Wildman–Crippen MR) is 52.8 cm³/mol. The summed E-state index contributed by atoms with van der Waals surface area (Å²) in [6, 6.07) is 0. The average Bonchev–Trinajstić information content (AvgIpc) is 2.38. The lowest BCUT2D eigenvalue weighted by molar-refractivity contribution is -0.132. The van der Waals surface area contributed by atoms with E-state index >= 15 is 0 Å². The van der Waals surface area contributed by atoms with E-state index in [1.54, 1.807) is 6.92 Å². The number of carboxylic acids is 1. The highest BCUT2D eigenvalue weighted by molar-refractivity contribution is 5.90. The largest absolute Gasteiger partial charge is 0.478 e. The van der Waals surface area contributed by atoms with Crippen LogP contribution in [0.2, 0.25) is 0 Å². The van der Waals surface area contributed by atoms with Crippen LogP contribution in [0.1, 0.15) is 19.8 Å². The molecule has 0 aromatic heterocycles. The molecule has 1 aliphatic carbocycles. The number of hydrogen-bond donors (Lipinski definition) is 1. The van der Waals surface area contributed by atoms with Crippen LogP contribution in [0.3, 0.4) is 0 Å². The summed E-state index contributed by atoms with van der Waals surface area (Å²) in [7, 11) is 0. The Morgan fingerprint density at radius 3 is 2.50 bits per heavy atom. The lowest BCUT2D eigenvalue weighted by atomic mass is 10.0. The first-order valence-electron chi connectivity index (χ1n) is 4.75. The number of allylic oxidation sites excluding steroid dienone is 4. The topological polar surface area (TPSA) is 37.3 Å². The molecule has 0 atom stereocenters. The molecular formula is C11H11F3O2. The second kappa shape index (κ2) is 4.55. The molecule has 0 aliphatic heterocycles. The van der Waals surface area contributed by atoms with Gasteiger partial charge in [0.15, 0.2) is 0 Å². The third-order valence-corrected chi connectivity index (χ3v) is 2.31. The number of hydrogen-bond acceptors (Lipinski definition) is 1. The van der Waals surface area contributed by atoms with Crippen molar-refractivity contribution in [2.45, 2.75) is 25.9 Å². The molecule has 0 saturated carbocycles. The van der Waals surface area contributed by atoms with Crippen molar-refractivity contribution in [3.63, 3.8) is 0 Å². The molecule has 1 rings (SSSR count). The molecule has 0 fully saturated rings. The Bertz CT molecular complexity index is 387. The minimum Gasteiger partial charge on any atom is -0.478 e. The highest BCUT2D eigenvalue weighted by Gasteiger charge is 2.34. The Balaban J connectivity index is 3.16. The van der Waals surface area contributed by atoms with Gasteiger partial charge in [0.25, 0.3) is 0 Å². The van der Waals surface area contributed by atoms with Gasteiger partial charge in [-0.05, 0) is 25.0 Å². The molecule has 16 heavy (non-hydrogen) atoms. The molecule has 0 saturated heterocycles. The van der Waals surface area contributed by atoms with Gasteiger partial charge in [-0.25, -0.2) is 4.79 Å². The average molecular weight is 232 g/mol. The number of alkyl halides is 3. The maximum Gasteiger partial charge on any atom is 0.413 e. The molecular weight excluding hydrogens is 221 g/mol. The van der Waals surface area contributed by atoms with Crippen LogP contribution >= 0.6 is 0 Å². The summed E-state index contributed by atoms with van der Waals surface area (Å²) in [5.74, 6) is -1.35. The fourth-order valence-corrected chi connectivity index (χ4v) is 1.36. The van der Waals surface area contributed by atoms with E-state index in [0.717, 1.165) is 0 Å². The van der Waals surface area contributed by atoms with Crippen molar-refractivity contribution in [3.8, 4) is 0 Å². The molecule has 0 spiro atoms. The summed E-state index contributed by atoms with van der Waals surface area (Å²) in [5.41, 5.74) is -0.581. The smallest absolute Gasteiger partial charge is 0.413 e. The first-order valence-corrected chi connectivity index (χ1v) is 4.75.